The maximum atomic E-state index is 13.8. The van der Waals surface area contributed by atoms with Crippen molar-refractivity contribution in [1.82, 2.24) is 9.97 Å². The molecule has 1 N–H and O–H groups in total. The van der Waals surface area contributed by atoms with E-state index >= 15 is 0 Å². The number of aromatic nitrogens is 2. The summed E-state index contributed by atoms with van der Waals surface area (Å²) in [4.78, 5) is 7.54. The van der Waals surface area contributed by atoms with Crippen LogP contribution in [0.4, 0.5) is 8.78 Å². The minimum Gasteiger partial charge on any atom is -0.453 e. The van der Waals surface area contributed by atoms with E-state index in [0.29, 0.717) is 22.9 Å². The van der Waals surface area contributed by atoms with Crippen LogP contribution in [-0.4, -0.2) is 9.97 Å². The van der Waals surface area contributed by atoms with E-state index in [1.165, 1.54) is 6.07 Å². The smallest absolute Gasteiger partial charge is 0.284 e. The Kier molecular flexibility index (Phi) is 4.17. The summed E-state index contributed by atoms with van der Waals surface area (Å²) in [5.41, 5.74) is -0.917. The van der Waals surface area contributed by atoms with E-state index in [9.17, 15) is 8.78 Å². The largest absolute Gasteiger partial charge is 0.453 e. The second-order valence-corrected chi connectivity index (χ2v) is 6.57. The molecule has 6 heteroatoms. The van der Waals surface area contributed by atoms with Gasteiger partial charge in [-0.25, -0.2) is 4.98 Å². The van der Waals surface area contributed by atoms with Crippen molar-refractivity contribution in [2.24, 2.45) is 0 Å². The van der Waals surface area contributed by atoms with Gasteiger partial charge in [0, 0.05) is 11.1 Å². The molecule has 0 aliphatic heterocycles. The molecule has 26 heavy (non-hydrogen) atoms. The number of hydrogen-bond donors (Lipinski definition) is 1. The molecule has 4 aromatic rings. The zero-order chi connectivity index (χ0) is 18.1. The van der Waals surface area contributed by atoms with E-state index in [1.54, 1.807) is 45.8 Å². The standard InChI is InChI=1S/C20H15F2N2OP/c21-20(22,26)15-9-5-4-8-14(15)17-10-11-18(25-17)19-23-12-16(24-19)13-6-2-1-3-7-13/h1-12H,26H2,(H,23,24). The van der Waals surface area contributed by atoms with Gasteiger partial charge in [0.2, 0.25) is 0 Å². The van der Waals surface area contributed by atoms with Crippen LogP contribution in [-0.2, 0) is 5.66 Å². The number of aromatic amines is 1. The number of imidazole rings is 1. The van der Waals surface area contributed by atoms with Crippen molar-refractivity contribution < 1.29 is 13.2 Å². The van der Waals surface area contributed by atoms with Gasteiger partial charge >= 0.3 is 0 Å². The summed E-state index contributed by atoms with van der Waals surface area (Å²) in [7, 11) is 1.57. The van der Waals surface area contributed by atoms with Crippen molar-refractivity contribution in [3.05, 3.63) is 78.5 Å². The SMILES string of the molecule is FC(F)(P)c1ccccc1-c1ccc(-c2ncc(-c3ccccc3)[nH]2)o1. The van der Waals surface area contributed by atoms with Crippen LogP contribution in [0.2, 0.25) is 0 Å². The number of hydrogen-bond acceptors (Lipinski definition) is 2. The van der Waals surface area contributed by atoms with Gasteiger partial charge < -0.3 is 9.40 Å². The van der Waals surface area contributed by atoms with E-state index in [4.69, 9.17) is 4.42 Å². The first-order valence-corrected chi connectivity index (χ1v) is 8.57. The zero-order valence-electron chi connectivity index (χ0n) is 13.6. The Morgan fingerprint density at radius 2 is 1.58 bits per heavy atom. The van der Waals surface area contributed by atoms with Gasteiger partial charge in [0.25, 0.3) is 5.66 Å². The molecule has 0 saturated heterocycles. The molecular weight excluding hydrogens is 353 g/mol. The highest BCUT2D eigenvalue weighted by atomic mass is 31.0. The minimum absolute atomic E-state index is 0.102. The molecule has 0 radical (unpaired) electrons. The summed E-state index contributed by atoms with van der Waals surface area (Å²) in [5, 5.41) is 0. The fourth-order valence-corrected chi connectivity index (χ4v) is 3.06. The van der Waals surface area contributed by atoms with E-state index in [1.807, 2.05) is 30.3 Å². The van der Waals surface area contributed by atoms with Crippen LogP contribution in [0.25, 0.3) is 34.2 Å². The third-order valence-electron chi connectivity index (χ3n) is 4.05. The van der Waals surface area contributed by atoms with Gasteiger partial charge in [-0.1, -0.05) is 63.8 Å². The van der Waals surface area contributed by atoms with E-state index in [-0.39, 0.29) is 5.56 Å². The highest BCUT2D eigenvalue weighted by Crippen LogP contribution is 2.41. The average molecular weight is 368 g/mol. The zero-order valence-corrected chi connectivity index (χ0v) is 14.8. The molecule has 2 aromatic heterocycles. The van der Waals surface area contributed by atoms with Gasteiger partial charge in [0.05, 0.1) is 11.9 Å². The lowest BCUT2D eigenvalue weighted by atomic mass is 10.1. The Hall–Kier alpha value is -2.78. The van der Waals surface area contributed by atoms with Crippen molar-refractivity contribution in [2.75, 3.05) is 0 Å². The minimum atomic E-state index is -3.03. The molecule has 1 unspecified atom stereocenters. The summed E-state index contributed by atoms with van der Waals surface area (Å²) in [6, 6.07) is 19.5. The first-order valence-electron chi connectivity index (χ1n) is 7.99. The van der Waals surface area contributed by atoms with Gasteiger partial charge in [-0.05, 0) is 17.7 Å². The Morgan fingerprint density at radius 1 is 0.885 bits per heavy atom. The number of nitrogens with zero attached hydrogens (tertiary/aromatic N) is 1. The molecule has 0 saturated carbocycles. The number of nitrogens with one attached hydrogen (secondary N) is 1. The van der Waals surface area contributed by atoms with Crippen LogP contribution < -0.4 is 0 Å². The lowest BCUT2D eigenvalue weighted by Gasteiger charge is -2.13. The molecule has 0 aliphatic carbocycles. The monoisotopic (exact) mass is 368 g/mol. The van der Waals surface area contributed by atoms with E-state index < -0.39 is 5.66 Å². The highest BCUT2D eigenvalue weighted by Gasteiger charge is 2.28. The topological polar surface area (TPSA) is 41.8 Å². The van der Waals surface area contributed by atoms with Gasteiger partial charge in [-0.3, -0.25) is 0 Å². The first-order chi connectivity index (χ1) is 12.5. The van der Waals surface area contributed by atoms with Gasteiger partial charge in [0.15, 0.2) is 11.6 Å². The molecule has 3 nitrogen and oxygen atoms in total. The molecule has 0 aliphatic rings. The number of H-pyrrole nitrogens is 1. The first kappa shape index (κ1) is 16.7. The molecule has 130 valence electrons. The van der Waals surface area contributed by atoms with Crippen LogP contribution in [0.15, 0.2) is 77.3 Å². The summed E-state index contributed by atoms with van der Waals surface area (Å²) >= 11 is 0. The summed E-state index contributed by atoms with van der Waals surface area (Å²) in [6.45, 7) is 0. The normalized spacial score (nSPS) is 11.7. The number of furan rings is 1. The Bertz CT molecular complexity index is 1040. The van der Waals surface area contributed by atoms with Crippen molar-refractivity contribution in [3.8, 4) is 34.2 Å². The maximum Gasteiger partial charge on any atom is 0.284 e. The van der Waals surface area contributed by atoms with Crippen LogP contribution in [0, 0.1) is 0 Å². The molecule has 0 fully saturated rings. The summed E-state index contributed by atoms with van der Waals surface area (Å²) in [6.07, 6.45) is 1.72. The van der Waals surface area contributed by atoms with E-state index in [2.05, 4.69) is 9.97 Å². The number of benzene rings is 2. The maximum absolute atomic E-state index is 13.8. The second kappa shape index (κ2) is 6.50. The Morgan fingerprint density at radius 3 is 2.35 bits per heavy atom. The average Bonchev–Trinajstić information content (AvgIpc) is 3.31. The van der Waals surface area contributed by atoms with Crippen molar-refractivity contribution in [1.29, 1.82) is 0 Å². The van der Waals surface area contributed by atoms with Gasteiger partial charge in [-0.2, -0.15) is 8.78 Å². The van der Waals surface area contributed by atoms with Gasteiger partial charge in [-0.15, -0.1) is 0 Å². The molecular formula is C20H15F2N2OP. The Labute approximate surface area is 151 Å². The summed E-state index contributed by atoms with van der Waals surface area (Å²) < 4.78 is 33.5. The second-order valence-electron chi connectivity index (χ2n) is 5.84. The number of halogens is 2. The quantitative estimate of drug-likeness (QED) is 0.454. The number of alkyl halides is 2. The lowest BCUT2D eigenvalue weighted by Crippen LogP contribution is -2.04. The van der Waals surface area contributed by atoms with Crippen molar-refractivity contribution in [3.63, 3.8) is 0 Å². The van der Waals surface area contributed by atoms with Gasteiger partial charge in [0.1, 0.15) is 5.76 Å². The molecule has 0 bridgehead atoms. The molecule has 0 spiro atoms. The van der Waals surface area contributed by atoms with Crippen LogP contribution in [0.5, 0.6) is 0 Å². The molecule has 0 amide bonds. The van der Waals surface area contributed by atoms with Crippen LogP contribution >= 0.6 is 9.24 Å². The fourth-order valence-electron chi connectivity index (χ4n) is 2.81. The van der Waals surface area contributed by atoms with Crippen LogP contribution in [0.1, 0.15) is 5.56 Å². The lowest BCUT2D eigenvalue weighted by molar-refractivity contribution is 0.104. The van der Waals surface area contributed by atoms with Crippen molar-refractivity contribution >= 4 is 9.24 Å². The molecule has 2 heterocycles. The third kappa shape index (κ3) is 3.18. The molecule has 1 atom stereocenters. The third-order valence-corrected chi connectivity index (χ3v) is 4.36. The van der Waals surface area contributed by atoms with Crippen LogP contribution in [0.3, 0.4) is 0 Å². The summed E-state index contributed by atoms with van der Waals surface area (Å²) in [5.74, 6) is 1.41. The molecule has 4 rings (SSSR count). The Balaban J connectivity index is 1.69. The predicted octanol–water partition coefficient (Wildman–Crippen LogP) is 5.93. The highest BCUT2D eigenvalue weighted by molar-refractivity contribution is 7.17. The van der Waals surface area contributed by atoms with E-state index in [0.717, 1.165) is 11.3 Å². The van der Waals surface area contributed by atoms with Crippen molar-refractivity contribution in [2.45, 2.75) is 5.66 Å². The predicted molar refractivity (Wildman–Crippen MR) is 101 cm³/mol. The molecule has 2 aromatic carbocycles. The number of rotatable bonds is 4. The fraction of sp³-hybridized carbons (Fsp3) is 0.0500.